The zero-order valence-corrected chi connectivity index (χ0v) is 11.3. The van der Waals surface area contributed by atoms with E-state index in [1.54, 1.807) is 0 Å². The van der Waals surface area contributed by atoms with Crippen molar-refractivity contribution < 1.29 is 4.74 Å². The van der Waals surface area contributed by atoms with Crippen LogP contribution in [-0.4, -0.2) is 35.6 Å². The fourth-order valence-electron chi connectivity index (χ4n) is 2.15. The Labute approximate surface area is 105 Å². The summed E-state index contributed by atoms with van der Waals surface area (Å²) in [5.74, 6) is 0. The number of aromatic nitrogens is 1. The van der Waals surface area contributed by atoms with Gasteiger partial charge >= 0.3 is 0 Å². The molecule has 1 aromatic rings. The van der Waals surface area contributed by atoms with Crippen molar-refractivity contribution in [2.24, 2.45) is 0 Å². The van der Waals surface area contributed by atoms with E-state index in [0.29, 0.717) is 0 Å². The molecule has 0 aliphatic carbocycles. The van der Waals surface area contributed by atoms with E-state index in [9.17, 15) is 0 Å². The third-order valence-corrected chi connectivity index (χ3v) is 3.55. The molecule has 1 aliphatic rings. The van der Waals surface area contributed by atoms with E-state index >= 15 is 0 Å². The molecule has 0 radical (unpaired) electrons. The minimum absolute atomic E-state index is 0.274. The van der Waals surface area contributed by atoms with Crippen LogP contribution < -0.4 is 4.90 Å². The fraction of sp³-hybridized carbons (Fsp3) is 0.583. The third kappa shape index (κ3) is 2.55. The van der Waals surface area contributed by atoms with Crippen LogP contribution in [0.2, 0.25) is 0 Å². The van der Waals surface area contributed by atoms with Crippen molar-refractivity contribution in [2.45, 2.75) is 26.1 Å². The van der Waals surface area contributed by atoms with E-state index in [4.69, 9.17) is 4.74 Å². The van der Waals surface area contributed by atoms with Crippen LogP contribution in [0.1, 0.15) is 12.5 Å². The highest BCUT2D eigenvalue weighted by Gasteiger charge is 2.25. The molecule has 2 unspecified atom stereocenters. The number of rotatable bonds is 2. The quantitative estimate of drug-likeness (QED) is 0.780. The van der Waals surface area contributed by atoms with Crippen molar-refractivity contribution in [1.29, 1.82) is 0 Å². The Bertz CT molecular complexity index is 359. The van der Waals surface area contributed by atoms with E-state index in [2.05, 4.69) is 45.7 Å². The Morgan fingerprint density at radius 2 is 2.38 bits per heavy atom. The van der Waals surface area contributed by atoms with Crippen molar-refractivity contribution in [3.05, 3.63) is 24.0 Å². The average Bonchev–Trinajstić information content (AvgIpc) is 2.28. The van der Waals surface area contributed by atoms with Crippen molar-refractivity contribution in [3.63, 3.8) is 0 Å². The molecule has 1 fully saturated rings. The van der Waals surface area contributed by atoms with Gasteiger partial charge < -0.3 is 9.64 Å². The Morgan fingerprint density at radius 1 is 1.56 bits per heavy atom. The van der Waals surface area contributed by atoms with Gasteiger partial charge in [0.1, 0.15) is 0 Å². The van der Waals surface area contributed by atoms with Gasteiger partial charge in [0.05, 0.1) is 12.2 Å². The topological polar surface area (TPSA) is 25.4 Å². The molecule has 0 amide bonds. The van der Waals surface area contributed by atoms with Gasteiger partial charge in [-0.15, -0.1) is 0 Å². The van der Waals surface area contributed by atoms with E-state index < -0.39 is 0 Å². The molecule has 1 saturated heterocycles. The van der Waals surface area contributed by atoms with Gasteiger partial charge in [0.25, 0.3) is 0 Å². The van der Waals surface area contributed by atoms with Crippen LogP contribution in [0.4, 0.5) is 5.69 Å². The number of pyridine rings is 1. The summed E-state index contributed by atoms with van der Waals surface area (Å²) >= 11 is 3.49. The highest BCUT2D eigenvalue weighted by molar-refractivity contribution is 9.09. The van der Waals surface area contributed by atoms with Crippen LogP contribution in [0.15, 0.2) is 18.5 Å². The van der Waals surface area contributed by atoms with Gasteiger partial charge in [-0.2, -0.15) is 0 Å². The molecular formula is C12H17BrN2O. The lowest BCUT2D eigenvalue weighted by molar-refractivity contribution is -0.00202. The van der Waals surface area contributed by atoms with Crippen LogP contribution in [0, 0.1) is 6.92 Å². The maximum Gasteiger partial charge on any atom is 0.0850 e. The zero-order chi connectivity index (χ0) is 11.5. The Morgan fingerprint density at radius 3 is 3.06 bits per heavy atom. The third-order valence-electron chi connectivity index (χ3n) is 2.83. The first-order valence-corrected chi connectivity index (χ1v) is 6.70. The van der Waals surface area contributed by atoms with Gasteiger partial charge in [0.2, 0.25) is 0 Å². The fourth-order valence-corrected chi connectivity index (χ4v) is 2.51. The zero-order valence-electron chi connectivity index (χ0n) is 9.69. The normalized spacial score (nSPS) is 25.8. The van der Waals surface area contributed by atoms with Gasteiger partial charge in [-0.25, -0.2) is 0 Å². The summed E-state index contributed by atoms with van der Waals surface area (Å²) in [6.45, 7) is 6.12. The molecule has 0 saturated carbocycles. The molecule has 2 heterocycles. The average molecular weight is 285 g/mol. The number of hydrogen-bond donors (Lipinski definition) is 0. The summed E-state index contributed by atoms with van der Waals surface area (Å²) in [5.41, 5.74) is 2.50. The molecule has 2 rings (SSSR count). The van der Waals surface area contributed by atoms with E-state index in [1.807, 2.05) is 12.4 Å². The van der Waals surface area contributed by atoms with E-state index in [0.717, 1.165) is 18.4 Å². The molecule has 0 bridgehead atoms. The second-order valence-electron chi connectivity index (χ2n) is 4.29. The molecule has 0 aromatic carbocycles. The lowest BCUT2D eigenvalue weighted by Gasteiger charge is -2.38. The predicted molar refractivity (Wildman–Crippen MR) is 69.3 cm³/mol. The number of morpholine rings is 1. The minimum Gasteiger partial charge on any atom is -0.371 e. The Kier molecular flexibility index (Phi) is 3.82. The van der Waals surface area contributed by atoms with Crippen LogP contribution in [0.3, 0.4) is 0 Å². The van der Waals surface area contributed by atoms with Crippen LogP contribution in [0.5, 0.6) is 0 Å². The number of alkyl halides is 1. The number of aryl methyl sites for hydroxylation is 1. The summed E-state index contributed by atoms with van der Waals surface area (Å²) in [6, 6.07) is 2.08. The van der Waals surface area contributed by atoms with Crippen LogP contribution in [-0.2, 0) is 4.74 Å². The number of anilines is 1. The van der Waals surface area contributed by atoms with Gasteiger partial charge in [-0.1, -0.05) is 15.9 Å². The van der Waals surface area contributed by atoms with Crippen molar-refractivity contribution in [1.82, 2.24) is 4.98 Å². The van der Waals surface area contributed by atoms with E-state index in [1.165, 1.54) is 11.3 Å². The first-order chi connectivity index (χ1) is 7.70. The predicted octanol–water partition coefficient (Wildman–Crippen LogP) is 2.38. The van der Waals surface area contributed by atoms with Crippen LogP contribution in [0.25, 0.3) is 0 Å². The number of ether oxygens (including phenoxy) is 1. The number of hydrogen-bond acceptors (Lipinski definition) is 3. The van der Waals surface area contributed by atoms with Gasteiger partial charge in [0, 0.05) is 36.5 Å². The van der Waals surface area contributed by atoms with Gasteiger partial charge in [-0.3, -0.25) is 4.98 Å². The monoisotopic (exact) mass is 284 g/mol. The van der Waals surface area contributed by atoms with Crippen molar-refractivity contribution in [2.75, 3.05) is 23.3 Å². The SMILES string of the molecule is Cc1cnccc1N1CC(C)OC(CBr)C1. The lowest BCUT2D eigenvalue weighted by Crippen LogP contribution is -2.47. The summed E-state index contributed by atoms with van der Waals surface area (Å²) in [5, 5.41) is 0.887. The smallest absolute Gasteiger partial charge is 0.0850 e. The molecule has 0 N–H and O–H groups in total. The first kappa shape index (κ1) is 11.9. The second-order valence-corrected chi connectivity index (χ2v) is 4.94. The molecule has 3 nitrogen and oxygen atoms in total. The summed E-state index contributed by atoms with van der Waals surface area (Å²) < 4.78 is 5.82. The molecule has 0 spiro atoms. The molecule has 2 atom stereocenters. The largest absolute Gasteiger partial charge is 0.371 e. The minimum atomic E-state index is 0.274. The maximum absolute atomic E-state index is 5.82. The van der Waals surface area contributed by atoms with Crippen LogP contribution >= 0.6 is 15.9 Å². The molecule has 1 aromatic heterocycles. The maximum atomic E-state index is 5.82. The molecule has 1 aliphatic heterocycles. The molecular weight excluding hydrogens is 268 g/mol. The van der Waals surface area contributed by atoms with Crippen molar-refractivity contribution >= 4 is 21.6 Å². The molecule has 4 heteroatoms. The highest BCUT2D eigenvalue weighted by Crippen LogP contribution is 2.23. The van der Waals surface area contributed by atoms with Crippen molar-refractivity contribution in [3.8, 4) is 0 Å². The summed E-state index contributed by atoms with van der Waals surface area (Å²) in [4.78, 5) is 6.52. The Hall–Kier alpha value is -0.610. The highest BCUT2D eigenvalue weighted by atomic mass is 79.9. The standard InChI is InChI=1S/C12H17BrN2O/c1-9-6-14-4-3-12(9)15-7-10(2)16-11(5-13)8-15/h3-4,6,10-11H,5,7-8H2,1-2H3. The second kappa shape index (κ2) is 5.15. The molecule has 16 heavy (non-hydrogen) atoms. The lowest BCUT2D eigenvalue weighted by atomic mass is 10.1. The van der Waals surface area contributed by atoms with Gasteiger partial charge in [-0.05, 0) is 25.5 Å². The number of nitrogens with zero attached hydrogens (tertiary/aromatic N) is 2. The number of halogens is 1. The first-order valence-electron chi connectivity index (χ1n) is 5.57. The van der Waals surface area contributed by atoms with E-state index in [-0.39, 0.29) is 12.2 Å². The Balaban J connectivity index is 2.17. The summed E-state index contributed by atoms with van der Waals surface area (Å²) in [6.07, 6.45) is 4.32. The van der Waals surface area contributed by atoms with Gasteiger partial charge in [0.15, 0.2) is 0 Å². The molecule has 88 valence electrons. The summed E-state index contributed by atoms with van der Waals surface area (Å²) in [7, 11) is 0.